The molecule has 7 heteroatoms. The Labute approximate surface area is 181 Å². The largest absolute Gasteiger partial charge is 0.470 e. The van der Waals surface area contributed by atoms with Gasteiger partial charge in [0.25, 0.3) is 5.91 Å². The third kappa shape index (κ3) is 5.01. The summed E-state index contributed by atoms with van der Waals surface area (Å²) in [5.74, 6) is 0.550. The molecule has 0 saturated carbocycles. The fourth-order valence-corrected chi connectivity index (χ4v) is 3.78. The van der Waals surface area contributed by atoms with E-state index in [1.54, 1.807) is 29.1 Å². The minimum absolute atomic E-state index is 0.0401. The van der Waals surface area contributed by atoms with Gasteiger partial charge in [-0.15, -0.1) is 0 Å². The van der Waals surface area contributed by atoms with E-state index >= 15 is 0 Å². The van der Waals surface area contributed by atoms with E-state index < -0.39 is 0 Å². The lowest BCUT2D eigenvalue weighted by Gasteiger charge is -2.34. The summed E-state index contributed by atoms with van der Waals surface area (Å²) in [5, 5.41) is 4.92. The summed E-state index contributed by atoms with van der Waals surface area (Å²) in [5.41, 5.74) is 3.02. The molecule has 0 radical (unpaired) electrons. The summed E-state index contributed by atoms with van der Waals surface area (Å²) >= 11 is 6.10. The number of carbonyl (C=O) groups is 1. The summed E-state index contributed by atoms with van der Waals surface area (Å²) in [4.78, 5) is 17.1. The Bertz CT molecular complexity index is 1010. The molecule has 0 N–H and O–H groups in total. The van der Waals surface area contributed by atoms with Gasteiger partial charge in [0.2, 0.25) is 0 Å². The van der Waals surface area contributed by atoms with Crippen LogP contribution in [-0.4, -0.2) is 51.7 Å². The number of aryl methyl sites for hydroxylation is 1. The standard InChI is InChI=1S/C23H25ClN4O2/c1-18-5-4-6-19(15-18)16-26-11-13-27(14-12-26)23(29)21-9-10-28(25-21)17-30-22-8-3-2-7-20(22)24/h2-10,15H,11-14,16-17H2,1H3. The number of amides is 1. The Morgan fingerprint density at radius 3 is 2.63 bits per heavy atom. The SMILES string of the molecule is Cc1cccc(CN2CCN(C(=O)c3ccn(COc4ccccc4Cl)n3)CC2)c1. The first kappa shape index (κ1) is 20.4. The zero-order valence-corrected chi connectivity index (χ0v) is 17.8. The molecule has 1 aromatic heterocycles. The van der Waals surface area contributed by atoms with Crippen LogP contribution in [0.15, 0.2) is 60.8 Å². The van der Waals surface area contributed by atoms with E-state index in [1.165, 1.54) is 11.1 Å². The highest BCUT2D eigenvalue weighted by molar-refractivity contribution is 6.32. The third-order valence-electron chi connectivity index (χ3n) is 5.20. The fraction of sp³-hybridized carbons (Fsp3) is 0.304. The van der Waals surface area contributed by atoms with Crippen molar-refractivity contribution in [1.29, 1.82) is 0 Å². The Hall–Kier alpha value is -2.83. The smallest absolute Gasteiger partial charge is 0.274 e. The number of piperazine rings is 1. The molecule has 3 aromatic rings. The zero-order chi connectivity index (χ0) is 20.9. The first-order valence-electron chi connectivity index (χ1n) is 10.1. The van der Waals surface area contributed by atoms with E-state index in [-0.39, 0.29) is 12.6 Å². The summed E-state index contributed by atoms with van der Waals surface area (Å²) < 4.78 is 7.28. The number of benzene rings is 2. The Morgan fingerprint density at radius 1 is 1.07 bits per heavy atom. The predicted molar refractivity (Wildman–Crippen MR) is 117 cm³/mol. The van der Waals surface area contributed by atoms with Crippen molar-refractivity contribution in [2.45, 2.75) is 20.2 Å². The van der Waals surface area contributed by atoms with Crippen LogP contribution in [0.3, 0.4) is 0 Å². The van der Waals surface area contributed by atoms with Crippen LogP contribution >= 0.6 is 11.6 Å². The second kappa shape index (κ2) is 9.32. The van der Waals surface area contributed by atoms with Crippen LogP contribution in [0.25, 0.3) is 0 Å². The molecule has 1 amide bonds. The monoisotopic (exact) mass is 424 g/mol. The average molecular weight is 425 g/mol. The van der Waals surface area contributed by atoms with Gasteiger partial charge < -0.3 is 9.64 Å². The molecule has 1 fully saturated rings. The number of rotatable bonds is 6. The van der Waals surface area contributed by atoms with E-state index in [0.717, 1.165) is 19.6 Å². The number of para-hydroxylation sites is 1. The van der Waals surface area contributed by atoms with Crippen molar-refractivity contribution in [3.8, 4) is 5.75 Å². The average Bonchev–Trinajstić information content (AvgIpc) is 3.22. The van der Waals surface area contributed by atoms with Crippen LogP contribution in [0.5, 0.6) is 5.75 Å². The minimum atomic E-state index is -0.0401. The van der Waals surface area contributed by atoms with Crippen molar-refractivity contribution in [3.05, 3.63) is 82.6 Å². The number of nitrogens with zero attached hydrogens (tertiary/aromatic N) is 4. The van der Waals surface area contributed by atoms with E-state index in [1.807, 2.05) is 17.0 Å². The van der Waals surface area contributed by atoms with Crippen molar-refractivity contribution in [3.63, 3.8) is 0 Å². The van der Waals surface area contributed by atoms with Gasteiger partial charge in [-0.3, -0.25) is 9.69 Å². The van der Waals surface area contributed by atoms with Gasteiger partial charge in [0.15, 0.2) is 12.4 Å². The molecular weight excluding hydrogens is 400 g/mol. The van der Waals surface area contributed by atoms with Crippen LogP contribution in [-0.2, 0) is 13.3 Å². The number of hydrogen-bond acceptors (Lipinski definition) is 4. The second-order valence-electron chi connectivity index (χ2n) is 7.50. The zero-order valence-electron chi connectivity index (χ0n) is 17.0. The van der Waals surface area contributed by atoms with Gasteiger partial charge in [-0.05, 0) is 30.7 Å². The molecule has 1 aliphatic rings. The number of aromatic nitrogens is 2. The quantitative estimate of drug-likeness (QED) is 0.603. The lowest BCUT2D eigenvalue weighted by molar-refractivity contribution is 0.0621. The maximum atomic E-state index is 12.8. The van der Waals surface area contributed by atoms with Gasteiger partial charge in [0.05, 0.1) is 5.02 Å². The van der Waals surface area contributed by atoms with Gasteiger partial charge in [-0.1, -0.05) is 53.6 Å². The highest BCUT2D eigenvalue weighted by atomic mass is 35.5. The van der Waals surface area contributed by atoms with Crippen LogP contribution in [0.1, 0.15) is 21.6 Å². The summed E-state index contributed by atoms with van der Waals surface area (Å²) in [6.45, 7) is 6.34. The Balaban J connectivity index is 1.29. The van der Waals surface area contributed by atoms with E-state index in [4.69, 9.17) is 16.3 Å². The normalized spacial score (nSPS) is 14.7. The molecule has 2 aromatic carbocycles. The molecule has 156 valence electrons. The number of halogens is 1. The molecule has 2 heterocycles. The number of ether oxygens (including phenoxy) is 1. The molecule has 6 nitrogen and oxygen atoms in total. The topological polar surface area (TPSA) is 50.6 Å². The van der Waals surface area contributed by atoms with Crippen LogP contribution in [0.2, 0.25) is 5.02 Å². The van der Waals surface area contributed by atoms with Gasteiger partial charge in [0.1, 0.15) is 5.75 Å². The van der Waals surface area contributed by atoms with Crippen molar-refractivity contribution < 1.29 is 9.53 Å². The molecular formula is C23H25ClN4O2. The second-order valence-corrected chi connectivity index (χ2v) is 7.91. The predicted octanol–water partition coefficient (Wildman–Crippen LogP) is 3.84. The lowest BCUT2D eigenvalue weighted by Crippen LogP contribution is -2.48. The lowest BCUT2D eigenvalue weighted by atomic mass is 10.1. The van der Waals surface area contributed by atoms with Crippen molar-refractivity contribution in [1.82, 2.24) is 19.6 Å². The van der Waals surface area contributed by atoms with Crippen LogP contribution < -0.4 is 4.74 Å². The highest BCUT2D eigenvalue weighted by Gasteiger charge is 2.23. The number of hydrogen-bond donors (Lipinski definition) is 0. The first-order valence-corrected chi connectivity index (χ1v) is 10.4. The van der Waals surface area contributed by atoms with Gasteiger partial charge in [-0.2, -0.15) is 5.10 Å². The van der Waals surface area contributed by atoms with Crippen molar-refractivity contribution in [2.24, 2.45) is 0 Å². The van der Waals surface area contributed by atoms with E-state index in [0.29, 0.717) is 29.6 Å². The van der Waals surface area contributed by atoms with Gasteiger partial charge >= 0.3 is 0 Å². The molecule has 4 rings (SSSR count). The summed E-state index contributed by atoms with van der Waals surface area (Å²) in [6.07, 6.45) is 1.75. The minimum Gasteiger partial charge on any atom is -0.470 e. The molecule has 1 aliphatic heterocycles. The maximum Gasteiger partial charge on any atom is 0.274 e. The Kier molecular flexibility index (Phi) is 6.35. The molecule has 1 saturated heterocycles. The molecule has 0 unspecified atom stereocenters. The molecule has 0 bridgehead atoms. The van der Waals surface area contributed by atoms with Crippen molar-refractivity contribution in [2.75, 3.05) is 26.2 Å². The fourth-order valence-electron chi connectivity index (χ4n) is 3.58. The Morgan fingerprint density at radius 2 is 1.87 bits per heavy atom. The first-order chi connectivity index (χ1) is 14.6. The third-order valence-corrected chi connectivity index (χ3v) is 5.51. The maximum absolute atomic E-state index is 12.8. The molecule has 0 aliphatic carbocycles. The molecule has 0 spiro atoms. The van der Waals surface area contributed by atoms with Crippen LogP contribution in [0, 0.1) is 6.92 Å². The van der Waals surface area contributed by atoms with E-state index in [9.17, 15) is 4.79 Å². The summed E-state index contributed by atoms with van der Waals surface area (Å²) in [7, 11) is 0. The summed E-state index contributed by atoms with van der Waals surface area (Å²) in [6, 6.07) is 17.6. The molecule has 0 atom stereocenters. The highest BCUT2D eigenvalue weighted by Crippen LogP contribution is 2.23. The van der Waals surface area contributed by atoms with E-state index in [2.05, 4.69) is 41.2 Å². The van der Waals surface area contributed by atoms with Crippen molar-refractivity contribution >= 4 is 17.5 Å². The number of carbonyl (C=O) groups excluding carboxylic acids is 1. The van der Waals surface area contributed by atoms with Crippen LogP contribution in [0.4, 0.5) is 0 Å². The van der Waals surface area contributed by atoms with Gasteiger partial charge in [-0.25, -0.2) is 4.68 Å². The molecule has 30 heavy (non-hydrogen) atoms. The van der Waals surface area contributed by atoms with Gasteiger partial charge in [0, 0.05) is 38.9 Å².